The van der Waals surface area contributed by atoms with Gasteiger partial charge in [0.15, 0.2) is 0 Å². The van der Waals surface area contributed by atoms with Crippen LogP contribution in [0.4, 0.5) is 0 Å². The standard InChI is InChI=1S/C6H15NO6/c7-13-4(2-9)6(12)5(11)3(10)1-8/h3-6,8-12H,1-2,7H2/t3-,4+,5+,6+/m0/s1. The Morgan fingerprint density at radius 1 is 1.00 bits per heavy atom. The van der Waals surface area contributed by atoms with Gasteiger partial charge in [-0.1, -0.05) is 0 Å². The first-order valence-electron chi connectivity index (χ1n) is 3.69. The van der Waals surface area contributed by atoms with Crippen LogP contribution in [-0.4, -0.2) is 63.2 Å². The first-order chi connectivity index (χ1) is 6.08. The first kappa shape index (κ1) is 12.7. The van der Waals surface area contributed by atoms with Crippen molar-refractivity contribution in [2.75, 3.05) is 13.2 Å². The third kappa shape index (κ3) is 3.53. The predicted octanol–water partition coefficient (Wildman–Crippen LogP) is -3.69. The van der Waals surface area contributed by atoms with Crippen molar-refractivity contribution < 1.29 is 30.4 Å². The maximum absolute atomic E-state index is 9.19. The molecule has 0 saturated heterocycles. The summed E-state index contributed by atoms with van der Waals surface area (Å²) >= 11 is 0. The van der Waals surface area contributed by atoms with Gasteiger partial charge in [-0.15, -0.1) is 0 Å². The average Bonchev–Trinajstić information content (AvgIpc) is 2.17. The van der Waals surface area contributed by atoms with Gasteiger partial charge in [0, 0.05) is 0 Å². The summed E-state index contributed by atoms with van der Waals surface area (Å²) in [4.78, 5) is 4.12. The average molecular weight is 197 g/mol. The molecule has 0 rings (SSSR count). The maximum atomic E-state index is 9.19. The minimum absolute atomic E-state index is 0.604. The Labute approximate surface area is 74.9 Å². The van der Waals surface area contributed by atoms with Crippen molar-refractivity contribution in [3.05, 3.63) is 0 Å². The van der Waals surface area contributed by atoms with Crippen molar-refractivity contribution in [3.8, 4) is 0 Å². The quantitative estimate of drug-likeness (QED) is 0.241. The summed E-state index contributed by atoms with van der Waals surface area (Å²) in [5.74, 6) is 4.69. The fourth-order valence-electron chi connectivity index (χ4n) is 0.787. The maximum Gasteiger partial charge on any atom is 0.130 e. The van der Waals surface area contributed by atoms with Crippen molar-refractivity contribution in [2.24, 2.45) is 5.90 Å². The molecule has 0 unspecified atom stereocenters. The number of aliphatic hydroxyl groups excluding tert-OH is 5. The molecule has 13 heavy (non-hydrogen) atoms. The lowest BCUT2D eigenvalue weighted by atomic mass is 10.0. The monoisotopic (exact) mass is 197 g/mol. The molecule has 0 aliphatic heterocycles. The second-order valence-corrected chi connectivity index (χ2v) is 2.59. The van der Waals surface area contributed by atoms with E-state index in [1.54, 1.807) is 0 Å². The molecule has 0 aliphatic carbocycles. The van der Waals surface area contributed by atoms with Crippen LogP contribution in [0, 0.1) is 0 Å². The number of aliphatic hydroxyl groups is 5. The van der Waals surface area contributed by atoms with Crippen LogP contribution in [0.25, 0.3) is 0 Å². The highest BCUT2D eigenvalue weighted by molar-refractivity contribution is 4.80. The molecule has 7 heteroatoms. The van der Waals surface area contributed by atoms with Crippen molar-refractivity contribution in [1.29, 1.82) is 0 Å². The minimum atomic E-state index is -1.62. The summed E-state index contributed by atoms with van der Waals surface area (Å²) in [6, 6.07) is 0. The van der Waals surface area contributed by atoms with Crippen LogP contribution in [0.1, 0.15) is 0 Å². The van der Waals surface area contributed by atoms with E-state index in [2.05, 4.69) is 10.7 Å². The molecule has 0 aromatic rings. The van der Waals surface area contributed by atoms with Gasteiger partial charge in [-0.2, -0.15) is 0 Å². The SMILES string of the molecule is NO[C@H](CO)[C@@H](O)[C@H](O)[C@@H](O)CO. The molecule has 0 aliphatic rings. The van der Waals surface area contributed by atoms with E-state index in [1.807, 2.05) is 0 Å². The van der Waals surface area contributed by atoms with Gasteiger partial charge in [-0.05, 0) is 0 Å². The molecule has 7 nitrogen and oxygen atoms in total. The van der Waals surface area contributed by atoms with E-state index in [-0.39, 0.29) is 0 Å². The van der Waals surface area contributed by atoms with Crippen LogP contribution in [-0.2, 0) is 4.84 Å². The van der Waals surface area contributed by atoms with Crippen LogP contribution in [0.5, 0.6) is 0 Å². The Morgan fingerprint density at radius 3 is 1.85 bits per heavy atom. The second-order valence-electron chi connectivity index (χ2n) is 2.59. The normalized spacial score (nSPS) is 20.8. The Balaban J connectivity index is 4.13. The van der Waals surface area contributed by atoms with Crippen molar-refractivity contribution in [3.63, 3.8) is 0 Å². The predicted molar refractivity (Wildman–Crippen MR) is 41.3 cm³/mol. The highest BCUT2D eigenvalue weighted by atomic mass is 16.6. The van der Waals surface area contributed by atoms with Crippen molar-refractivity contribution in [1.82, 2.24) is 0 Å². The van der Waals surface area contributed by atoms with Crippen LogP contribution in [0.3, 0.4) is 0 Å². The number of hydrogen-bond acceptors (Lipinski definition) is 7. The van der Waals surface area contributed by atoms with E-state index >= 15 is 0 Å². The molecular formula is C6H15NO6. The molecule has 0 aromatic carbocycles. The summed E-state index contributed by atoms with van der Waals surface area (Å²) in [5, 5.41) is 44.2. The summed E-state index contributed by atoms with van der Waals surface area (Å²) < 4.78 is 0. The first-order valence-corrected chi connectivity index (χ1v) is 3.69. The minimum Gasteiger partial charge on any atom is -0.394 e. The smallest absolute Gasteiger partial charge is 0.130 e. The second kappa shape index (κ2) is 6.22. The lowest BCUT2D eigenvalue weighted by molar-refractivity contribution is -0.142. The zero-order chi connectivity index (χ0) is 10.4. The summed E-state index contributed by atoms with van der Waals surface area (Å²) in [6.07, 6.45) is -5.88. The van der Waals surface area contributed by atoms with E-state index in [0.29, 0.717) is 0 Å². The molecule has 0 fully saturated rings. The lowest BCUT2D eigenvalue weighted by Crippen LogP contribution is -2.48. The van der Waals surface area contributed by atoms with E-state index in [1.165, 1.54) is 0 Å². The van der Waals surface area contributed by atoms with E-state index in [4.69, 9.17) is 20.4 Å². The van der Waals surface area contributed by atoms with Crippen molar-refractivity contribution >= 4 is 0 Å². The van der Waals surface area contributed by atoms with Gasteiger partial charge in [0.1, 0.15) is 24.4 Å². The molecule has 7 N–H and O–H groups in total. The Kier molecular flexibility index (Phi) is 6.08. The summed E-state index contributed by atoms with van der Waals surface area (Å²) in [6.45, 7) is -1.31. The van der Waals surface area contributed by atoms with Gasteiger partial charge in [-0.25, -0.2) is 5.90 Å². The van der Waals surface area contributed by atoms with Gasteiger partial charge >= 0.3 is 0 Å². The zero-order valence-corrected chi connectivity index (χ0v) is 6.95. The molecule has 80 valence electrons. The van der Waals surface area contributed by atoms with E-state index in [0.717, 1.165) is 0 Å². The Morgan fingerprint density at radius 2 is 1.54 bits per heavy atom. The highest BCUT2D eigenvalue weighted by Gasteiger charge is 2.31. The summed E-state index contributed by atoms with van der Waals surface area (Å²) in [7, 11) is 0. The summed E-state index contributed by atoms with van der Waals surface area (Å²) in [5.41, 5.74) is 0. The molecule has 0 amide bonds. The van der Waals surface area contributed by atoms with Crippen LogP contribution < -0.4 is 5.90 Å². The molecule has 0 radical (unpaired) electrons. The number of hydrogen-bond donors (Lipinski definition) is 6. The fourth-order valence-corrected chi connectivity index (χ4v) is 0.787. The highest BCUT2D eigenvalue weighted by Crippen LogP contribution is 2.06. The van der Waals surface area contributed by atoms with Gasteiger partial charge in [0.05, 0.1) is 13.2 Å². The van der Waals surface area contributed by atoms with Gasteiger partial charge in [-0.3, -0.25) is 4.84 Å². The molecule has 0 aromatic heterocycles. The van der Waals surface area contributed by atoms with Crippen LogP contribution >= 0.6 is 0 Å². The molecule has 0 spiro atoms. The molecule has 0 saturated carbocycles. The van der Waals surface area contributed by atoms with E-state index in [9.17, 15) is 5.11 Å². The fraction of sp³-hybridized carbons (Fsp3) is 1.00. The van der Waals surface area contributed by atoms with Crippen molar-refractivity contribution in [2.45, 2.75) is 24.4 Å². The Hall–Kier alpha value is -0.280. The van der Waals surface area contributed by atoms with Gasteiger partial charge in [0.25, 0.3) is 0 Å². The van der Waals surface area contributed by atoms with Crippen LogP contribution in [0.15, 0.2) is 0 Å². The van der Waals surface area contributed by atoms with Gasteiger partial charge in [0.2, 0.25) is 0 Å². The zero-order valence-electron chi connectivity index (χ0n) is 6.95. The molecule has 0 bridgehead atoms. The lowest BCUT2D eigenvalue weighted by Gasteiger charge is -2.25. The van der Waals surface area contributed by atoms with E-state index < -0.39 is 37.6 Å². The van der Waals surface area contributed by atoms with Crippen LogP contribution in [0.2, 0.25) is 0 Å². The molecule has 4 atom stereocenters. The Bertz CT molecular complexity index is 130. The largest absolute Gasteiger partial charge is 0.394 e. The topological polar surface area (TPSA) is 136 Å². The van der Waals surface area contributed by atoms with Gasteiger partial charge < -0.3 is 25.5 Å². The molecular weight excluding hydrogens is 182 g/mol. The third-order valence-electron chi connectivity index (χ3n) is 1.67. The number of nitrogens with two attached hydrogens (primary N) is 1. The molecule has 0 heterocycles. The number of rotatable bonds is 6. The third-order valence-corrected chi connectivity index (χ3v) is 1.67.